The maximum absolute atomic E-state index is 12.4. The Morgan fingerprint density at radius 3 is 0.871 bits per heavy atom. The minimum absolute atomic E-state index is 0.0229. The molecular formula is C64H127NO5. The highest BCUT2D eigenvalue weighted by Crippen LogP contribution is 2.19. The molecule has 0 saturated carbocycles. The van der Waals surface area contributed by atoms with E-state index in [1.807, 2.05) is 0 Å². The minimum Gasteiger partial charge on any atom is -0.466 e. The molecule has 0 spiro atoms. The Morgan fingerprint density at radius 2 is 0.586 bits per heavy atom. The SMILES string of the molecule is CCCCCCCCCCCCCCCC(=O)OCCCCCCCCCCCCCCCCCCCCCCCCCCCCCCCCCC(=O)NC(CO)C(O)CCCCCCCCCCC. The van der Waals surface area contributed by atoms with Crippen LogP contribution in [-0.4, -0.2) is 47.4 Å². The van der Waals surface area contributed by atoms with E-state index < -0.39 is 12.1 Å². The van der Waals surface area contributed by atoms with E-state index in [4.69, 9.17) is 4.74 Å². The summed E-state index contributed by atoms with van der Waals surface area (Å²) in [6, 6.07) is -0.534. The molecule has 0 fully saturated rings. The van der Waals surface area contributed by atoms with Gasteiger partial charge in [0.1, 0.15) is 0 Å². The second-order valence-electron chi connectivity index (χ2n) is 22.5. The van der Waals surface area contributed by atoms with Crippen molar-refractivity contribution >= 4 is 11.9 Å². The Labute approximate surface area is 438 Å². The molecule has 6 nitrogen and oxygen atoms in total. The molecule has 2 unspecified atom stereocenters. The quantitative estimate of drug-likeness (QED) is 0.0417. The number of aliphatic hydroxyl groups excluding tert-OH is 2. The van der Waals surface area contributed by atoms with Gasteiger partial charge in [-0.1, -0.05) is 335 Å². The number of unbranched alkanes of at least 4 members (excludes halogenated alkanes) is 50. The van der Waals surface area contributed by atoms with Gasteiger partial charge in [-0.2, -0.15) is 0 Å². The molecule has 0 radical (unpaired) electrons. The van der Waals surface area contributed by atoms with Crippen LogP contribution < -0.4 is 5.32 Å². The van der Waals surface area contributed by atoms with Crippen molar-refractivity contribution in [1.29, 1.82) is 0 Å². The lowest BCUT2D eigenvalue weighted by molar-refractivity contribution is -0.143. The van der Waals surface area contributed by atoms with E-state index in [1.54, 1.807) is 0 Å². The second kappa shape index (κ2) is 60.4. The first-order valence-corrected chi connectivity index (χ1v) is 32.3. The third-order valence-electron chi connectivity index (χ3n) is 15.4. The number of carbonyl (C=O) groups excluding carboxylic acids is 2. The van der Waals surface area contributed by atoms with E-state index in [1.165, 1.54) is 302 Å². The third-order valence-corrected chi connectivity index (χ3v) is 15.4. The van der Waals surface area contributed by atoms with Crippen LogP contribution in [0.5, 0.6) is 0 Å². The van der Waals surface area contributed by atoms with Crippen LogP contribution in [0.3, 0.4) is 0 Å². The van der Waals surface area contributed by atoms with Crippen molar-refractivity contribution in [2.75, 3.05) is 13.2 Å². The van der Waals surface area contributed by atoms with Gasteiger partial charge in [-0.15, -0.1) is 0 Å². The fourth-order valence-corrected chi connectivity index (χ4v) is 10.5. The fourth-order valence-electron chi connectivity index (χ4n) is 10.5. The molecule has 0 aliphatic heterocycles. The van der Waals surface area contributed by atoms with E-state index in [2.05, 4.69) is 19.2 Å². The number of aliphatic hydroxyl groups is 2. The number of hydrogen-bond acceptors (Lipinski definition) is 5. The predicted octanol–water partition coefficient (Wildman–Crippen LogP) is 20.3. The molecule has 0 aliphatic rings. The molecule has 3 N–H and O–H groups in total. The number of ether oxygens (including phenoxy) is 1. The maximum atomic E-state index is 12.4. The third kappa shape index (κ3) is 56.2. The average Bonchev–Trinajstić information content (AvgIpc) is 3.36. The first-order chi connectivity index (χ1) is 34.5. The molecule has 0 saturated heterocycles. The monoisotopic (exact) mass is 990 g/mol. The maximum Gasteiger partial charge on any atom is 0.305 e. The van der Waals surface area contributed by atoms with Crippen molar-refractivity contribution in [3.05, 3.63) is 0 Å². The molecule has 0 rings (SSSR count). The normalized spacial score (nSPS) is 12.5. The number of carbonyl (C=O) groups is 2. The van der Waals surface area contributed by atoms with E-state index in [0.717, 1.165) is 38.5 Å². The minimum atomic E-state index is -0.657. The van der Waals surface area contributed by atoms with E-state index in [9.17, 15) is 19.8 Å². The average molecular weight is 991 g/mol. The van der Waals surface area contributed by atoms with Crippen LogP contribution in [0, 0.1) is 0 Å². The van der Waals surface area contributed by atoms with Crippen molar-refractivity contribution in [3.63, 3.8) is 0 Å². The smallest absolute Gasteiger partial charge is 0.305 e. The lowest BCUT2D eigenvalue weighted by Crippen LogP contribution is -2.45. The van der Waals surface area contributed by atoms with Gasteiger partial charge in [-0.05, 0) is 25.7 Å². The van der Waals surface area contributed by atoms with Gasteiger partial charge in [0.2, 0.25) is 5.91 Å². The Morgan fingerprint density at radius 1 is 0.343 bits per heavy atom. The largest absolute Gasteiger partial charge is 0.466 e. The van der Waals surface area contributed by atoms with Crippen molar-refractivity contribution in [1.82, 2.24) is 5.32 Å². The summed E-state index contributed by atoms with van der Waals surface area (Å²) < 4.78 is 5.49. The van der Waals surface area contributed by atoms with E-state index in [-0.39, 0.29) is 18.5 Å². The van der Waals surface area contributed by atoms with E-state index >= 15 is 0 Å². The Hall–Kier alpha value is -1.14. The Kier molecular flexibility index (Phi) is 59.4. The Bertz CT molecular complexity index is 1010. The topological polar surface area (TPSA) is 95.9 Å². The van der Waals surface area contributed by atoms with Gasteiger partial charge in [-0.3, -0.25) is 9.59 Å². The zero-order valence-corrected chi connectivity index (χ0v) is 47.8. The molecule has 0 aliphatic carbocycles. The van der Waals surface area contributed by atoms with Crippen LogP contribution in [0.1, 0.15) is 373 Å². The highest BCUT2D eigenvalue weighted by molar-refractivity contribution is 5.76. The van der Waals surface area contributed by atoms with Crippen LogP contribution in [0.4, 0.5) is 0 Å². The van der Waals surface area contributed by atoms with Crippen LogP contribution in [-0.2, 0) is 14.3 Å². The van der Waals surface area contributed by atoms with Crippen LogP contribution in [0.2, 0.25) is 0 Å². The van der Waals surface area contributed by atoms with Crippen LogP contribution in [0.25, 0.3) is 0 Å². The summed E-state index contributed by atoms with van der Waals surface area (Å²) in [6.07, 6.45) is 71.5. The van der Waals surface area contributed by atoms with Gasteiger partial charge in [0, 0.05) is 12.8 Å². The zero-order valence-electron chi connectivity index (χ0n) is 47.8. The molecule has 0 bridgehead atoms. The Balaban J connectivity index is 3.27. The highest BCUT2D eigenvalue weighted by Gasteiger charge is 2.20. The molecule has 418 valence electrons. The zero-order chi connectivity index (χ0) is 50.7. The molecule has 2 atom stereocenters. The predicted molar refractivity (Wildman–Crippen MR) is 306 cm³/mol. The van der Waals surface area contributed by atoms with Gasteiger partial charge in [-0.25, -0.2) is 0 Å². The van der Waals surface area contributed by atoms with Gasteiger partial charge < -0.3 is 20.3 Å². The fraction of sp³-hybridized carbons (Fsp3) is 0.969. The second-order valence-corrected chi connectivity index (χ2v) is 22.5. The van der Waals surface area contributed by atoms with Gasteiger partial charge >= 0.3 is 5.97 Å². The summed E-state index contributed by atoms with van der Waals surface area (Å²) in [7, 11) is 0. The van der Waals surface area contributed by atoms with Gasteiger partial charge in [0.15, 0.2) is 0 Å². The number of amides is 1. The highest BCUT2D eigenvalue weighted by atomic mass is 16.5. The molecule has 6 heteroatoms. The van der Waals surface area contributed by atoms with Crippen LogP contribution >= 0.6 is 0 Å². The summed E-state index contributed by atoms with van der Waals surface area (Å²) in [6.45, 7) is 4.96. The summed E-state index contributed by atoms with van der Waals surface area (Å²) in [5.41, 5.74) is 0. The molecule has 0 aromatic heterocycles. The molecular weight excluding hydrogens is 863 g/mol. The lowest BCUT2D eigenvalue weighted by atomic mass is 10.0. The molecule has 1 amide bonds. The number of rotatable bonds is 61. The van der Waals surface area contributed by atoms with Crippen molar-refractivity contribution < 1.29 is 24.5 Å². The first kappa shape index (κ1) is 68.9. The van der Waals surface area contributed by atoms with Crippen molar-refractivity contribution in [2.24, 2.45) is 0 Å². The number of hydrogen-bond donors (Lipinski definition) is 3. The number of nitrogens with one attached hydrogen (secondary N) is 1. The summed E-state index contributed by atoms with van der Waals surface area (Å²) in [5.74, 6) is -0.00814. The van der Waals surface area contributed by atoms with E-state index in [0.29, 0.717) is 25.9 Å². The summed E-state index contributed by atoms with van der Waals surface area (Å²) in [5, 5.41) is 23.1. The molecule has 0 heterocycles. The summed E-state index contributed by atoms with van der Waals surface area (Å²) in [4.78, 5) is 24.5. The lowest BCUT2D eigenvalue weighted by Gasteiger charge is -2.22. The van der Waals surface area contributed by atoms with Crippen LogP contribution in [0.15, 0.2) is 0 Å². The first-order valence-electron chi connectivity index (χ1n) is 32.3. The molecule has 0 aromatic carbocycles. The van der Waals surface area contributed by atoms with Gasteiger partial charge in [0.05, 0.1) is 25.4 Å². The summed E-state index contributed by atoms with van der Waals surface area (Å²) >= 11 is 0. The van der Waals surface area contributed by atoms with Crippen molar-refractivity contribution in [3.8, 4) is 0 Å². The number of esters is 1. The van der Waals surface area contributed by atoms with Gasteiger partial charge in [0.25, 0.3) is 0 Å². The van der Waals surface area contributed by atoms with Crippen molar-refractivity contribution in [2.45, 2.75) is 386 Å². The molecule has 70 heavy (non-hydrogen) atoms. The molecule has 0 aromatic rings. The standard InChI is InChI=1S/C64H127NO5/c1-3-5-7-9-11-13-14-34-38-42-46-50-54-58-64(69)70-59-55-51-47-43-39-36-33-31-29-27-25-23-21-19-17-15-16-18-20-22-24-26-28-30-32-35-37-41-45-49-53-57-63(68)65-61(60-66)62(67)56-52-48-44-40-12-10-8-6-4-2/h61-62,66-67H,3-60H2,1-2H3,(H,65,68).